The fourth-order valence-corrected chi connectivity index (χ4v) is 2.43. The molecule has 0 saturated carbocycles. The molecule has 0 bridgehead atoms. The van der Waals surface area contributed by atoms with E-state index < -0.39 is 23.9 Å². The van der Waals surface area contributed by atoms with E-state index in [1.54, 1.807) is 6.92 Å². The summed E-state index contributed by atoms with van der Waals surface area (Å²) in [6, 6.07) is 9.23. The molecule has 1 unspecified atom stereocenters. The minimum absolute atomic E-state index is 0.0584. The van der Waals surface area contributed by atoms with Gasteiger partial charge in [-0.1, -0.05) is 37.3 Å². The molecule has 1 fully saturated rings. The summed E-state index contributed by atoms with van der Waals surface area (Å²) in [6.45, 7) is 1.77. The van der Waals surface area contributed by atoms with E-state index in [0.717, 1.165) is 10.5 Å². The van der Waals surface area contributed by atoms with Crippen LogP contribution >= 0.6 is 0 Å². The summed E-state index contributed by atoms with van der Waals surface area (Å²) < 4.78 is 9.56. The molecule has 1 heterocycles. The Labute approximate surface area is 129 Å². The third-order valence-corrected chi connectivity index (χ3v) is 3.63. The van der Waals surface area contributed by atoms with E-state index in [-0.39, 0.29) is 19.1 Å². The van der Waals surface area contributed by atoms with Crippen molar-refractivity contribution < 1.29 is 23.9 Å². The molecule has 1 aliphatic heterocycles. The number of methoxy groups -OCH3 is 1. The Morgan fingerprint density at radius 3 is 2.68 bits per heavy atom. The minimum Gasteiger partial charge on any atom is -0.469 e. The number of ether oxygens (including phenoxy) is 2. The van der Waals surface area contributed by atoms with E-state index in [1.807, 2.05) is 30.3 Å². The fourth-order valence-electron chi connectivity index (χ4n) is 2.43. The SMILES string of the molecule is COC(=O)CC(C)C(=O)N1C(=O)OC[C@H]1Cc1ccccc1. The molecule has 6 nitrogen and oxygen atoms in total. The Bertz CT molecular complexity index is 557. The van der Waals surface area contributed by atoms with Crippen molar-refractivity contribution in [2.45, 2.75) is 25.8 Å². The second kappa shape index (κ2) is 7.06. The number of esters is 1. The van der Waals surface area contributed by atoms with Crippen LogP contribution in [0.5, 0.6) is 0 Å². The Hall–Kier alpha value is -2.37. The first-order valence-corrected chi connectivity index (χ1v) is 7.13. The zero-order valence-electron chi connectivity index (χ0n) is 12.7. The molecule has 2 atom stereocenters. The molecular formula is C16H19NO5. The highest BCUT2D eigenvalue weighted by atomic mass is 16.6. The maximum atomic E-state index is 12.4. The van der Waals surface area contributed by atoms with Crippen LogP contribution in [0.4, 0.5) is 4.79 Å². The summed E-state index contributed by atoms with van der Waals surface area (Å²) in [4.78, 5) is 36.7. The molecule has 1 aromatic rings. The standard InChI is InChI=1S/C16H19NO5/c1-11(8-14(18)21-2)15(19)17-13(10-22-16(17)20)9-12-6-4-3-5-7-12/h3-7,11,13H,8-10H2,1-2H3/t11?,13-/m1/s1. The molecule has 0 aromatic heterocycles. The number of rotatable bonds is 5. The lowest BCUT2D eigenvalue weighted by Crippen LogP contribution is -2.43. The molecule has 1 aliphatic rings. The van der Waals surface area contributed by atoms with E-state index >= 15 is 0 Å². The minimum atomic E-state index is -0.650. The van der Waals surface area contributed by atoms with Gasteiger partial charge in [0.05, 0.1) is 19.6 Å². The zero-order valence-corrected chi connectivity index (χ0v) is 12.7. The van der Waals surface area contributed by atoms with Crippen LogP contribution < -0.4 is 0 Å². The highest BCUT2D eigenvalue weighted by Gasteiger charge is 2.40. The fraction of sp³-hybridized carbons (Fsp3) is 0.438. The van der Waals surface area contributed by atoms with Gasteiger partial charge in [-0.25, -0.2) is 9.69 Å². The molecule has 2 amide bonds. The Morgan fingerprint density at radius 2 is 2.05 bits per heavy atom. The van der Waals surface area contributed by atoms with E-state index in [2.05, 4.69) is 4.74 Å². The average Bonchev–Trinajstić information content (AvgIpc) is 2.88. The predicted molar refractivity (Wildman–Crippen MR) is 77.9 cm³/mol. The van der Waals surface area contributed by atoms with Crippen molar-refractivity contribution in [1.29, 1.82) is 0 Å². The third-order valence-electron chi connectivity index (χ3n) is 3.63. The van der Waals surface area contributed by atoms with Crippen molar-refractivity contribution in [3.63, 3.8) is 0 Å². The number of amides is 2. The monoisotopic (exact) mass is 305 g/mol. The molecular weight excluding hydrogens is 286 g/mol. The van der Waals surface area contributed by atoms with Gasteiger partial charge in [0, 0.05) is 5.92 Å². The molecule has 1 saturated heterocycles. The highest BCUT2D eigenvalue weighted by molar-refractivity contribution is 5.96. The zero-order chi connectivity index (χ0) is 16.1. The first-order valence-electron chi connectivity index (χ1n) is 7.13. The Balaban J connectivity index is 2.07. The quantitative estimate of drug-likeness (QED) is 0.775. The van der Waals surface area contributed by atoms with Crippen molar-refractivity contribution in [2.24, 2.45) is 5.92 Å². The lowest BCUT2D eigenvalue weighted by molar-refractivity contribution is -0.145. The van der Waals surface area contributed by atoms with Gasteiger partial charge in [-0.3, -0.25) is 9.59 Å². The second-order valence-corrected chi connectivity index (χ2v) is 5.31. The van der Waals surface area contributed by atoms with E-state index in [1.165, 1.54) is 7.11 Å². The van der Waals surface area contributed by atoms with Gasteiger partial charge in [-0.15, -0.1) is 0 Å². The molecule has 0 N–H and O–H groups in total. The molecule has 118 valence electrons. The van der Waals surface area contributed by atoms with Crippen molar-refractivity contribution >= 4 is 18.0 Å². The summed E-state index contributed by atoms with van der Waals surface area (Å²) in [5.74, 6) is -1.52. The van der Waals surface area contributed by atoms with Crippen LogP contribution in [0.3, 0.4) is 0 Å². The molecule has 0 spiro atoms. The Kier molecular flexibility index (Phi) is 5.14. The number of carbonyl (C=O) groups is 3. The van der Waals surface area contributed by atoms with Crippen LogP contribution in [0, 0.1) is 5.92 Å². The maximum Gasteiger partial charge on any atom is 0.416 e. The molecule has 6 heteroatoms. The average molecular weight is 305 g/mol. The van der Waals surface area contributed by atoms with Gasteiger partial charge in [0.1, 0.15) is 6.61 Å². The second-order valence-electron chi connectivity index (χ2n) is 5.31. The first-order chi connectivity index (χ1) is 10.5. The van der Waals surface area contributed by atoms with Gasteiger partial charge in [-0.2, -0.15) is 0 Å². The molecule has 0 radical (unpaired) electrons. The molecule has 22 heavy (non-hydrogen) atoms. The number of hydrogen-bond acceptors (Lipinski definition) is 5. The molecule has 1 aromatic carbocycles. The summed E-state index contributed by atoms with van der Waals surface area (Å²) in [6.07, 6.45) is -0.178. The van der Waals surface area contributed by atoms with E-state index in [0.29, 0.717) is 6.42 Å². The first kappa shape index (κ1) is 16.0. The van der Waals surface area contributed by atoms with Gasteiger partial charge in [0.15, 0.2) is 0 Å². The number of carbonyl (C=O) groups excluding carboxylic acids is 3. The van der Waals surface area contributed by atoms with E-state index in [9.17, 15) is 14.4 Å². The van der Waals surface area contributed by atoms with Crippen LogP contribution in [-0.4, -0.2) is 42.6 Å². The predicted octanol–water partition coefficient (Wildman–Crippen LogP) is 1.78. The van der Waals surface area contributed by atoms with Crippen molar-refractivity contribution in [1.82, 2.24) is 4.90 Å². The van der Waals surface area contributed by atoms with E-state index in [4.69, 9.17) is 4.74 Å². The molecule has 0 aliphatic carbocycles. The van der Waals surface area contributed by atoms with Crippen molar-refractivity contribution in [3.8, 4) is 0 Å². The third kappa shape index (κ3) is 3.63. The number of benzene rings is 1. The number of imide groups is 1. The smallest absolute Gasteiger partial charge is 0.416 e. The number of hydrogen-bond donors (Lipinski definition) is 0. The van der Waals surface area contributed by atoms with Crippen LogP contribution in [-0.2, 0) is 25.5 Å². The number of cyclic esters (lactones) is 1. The molecule has 2 rings (SSSR count). The van der Waals surface area contributed by atoms with Crippen LogP contribution in [0.25, 0.3) is 0 Å². The largest absolute Gasteiger partial charge is 0.469 e. The van der Waals surface area contributed by atoms with Crippen LogP contribution in [0.1, 0.15) is 18.9 Å². The number of nitrogens with zero attached hydrogens (tertiary/aromatic N) is 1. The highest BCUT2D eigenvalue weighted by Crippen LogP contribution is 2.21. The summed E-state index contributed by atoms with van der Waals surface area (Å²) in [7, 11) is 1.27. The lowest BCUT2D eigenvalue weighted by Gasteiger charge is -2.22. The van der Waals surface area contributed by atoms with Crippen LogP contribution in [0.15, 0.2) is 30.3 Å². The van der Waals surface area contributed by atoms with Gasteiger partial charge in [0.2, 0.25) is 5.91 Å². The van der Waals surface area contributed by atoms with Gasteiger partial charge in [0.25, 0.3) is 0 Å². The van der Waals surface area contributed by atoms with Gasteiger partial charge in [-0.05, 0) is 12.0 Å². The maximum absolute atomic E-state index is 12.4. The normalized spacial score (nSPS) is 18.7. The van der Waals surface area contributed by atoms with Gasteiger partial charge >= 0.3 is 12.1 Å². The topological polar surface area (TPSA) is 72.9 Å². The van der Waals surface area contributed by atoms with Crippen LogP contribution in [0.2, 0.25) is 0 Å². The van der Waals surface area contributed by atoms with Crippen molar-refractivity contribution in [3.05, 3.63) is 35.9 Å². The summed E-state index contributed by atoms with van der Waals surface area (Å²) in [5.41, 5.74) is 1.02. The summed E-state index contributed by atoms with van der Waals surface area (Å²) >= 11 is 0. The Morgan fingerprint density at radius 1 is 1.36 bits per heavy atom. The van der Waals surface area contributed by atoms with Gasteiger partial charge < -0.3 is 9.47 Å². The lowest BCUT2D eigenvalue weighted by atomic mass is 10.0. The van der Waals surface area contributed by atoms with Crippen molar-refractivity contribution in [2.75, 3.05) is 13.7 Å². The summed E-state index contributed by atoms with van der Waals surface area (Å²) in [5, 5.41) is 0.